The van der Waals surface area contributed by atoms with Crippen LogP contribution in [0.2, 0.25) is 5.02 Å². The second-order valence-electron chi connectivity index (χ2n) is 8.56. The molecule has 10 heteroatoms. The van der Waals surface area contributed by atoms with Gasteiger partial charge in [0, 0.05) is 42.9 Å². The molecule has 2 saturated heterocycles. The Labute approximate surface area is 197 Å². The summed E-state index contributed by atoms with van der Waals surface area (Å²) < 4.78 is 28.7. The van der Waals surface area contributed by atoms with Crippen LogP contribution in [0.15, 0.2) is 24.5 Å². The average Bonchev–Trinajstić information content (AvgIpc) is 2.79. The summed E-state index contributed by atoms with van der Waals surface area (Å²) in [4.78, 5) is 25.3. The maximum absolute atomic E-state index is 15.0. The van der Waals surface area contributed by atoms with E-state index in [2.05, 4.69) is 20.6 Å². The molecule has 2 N–H and O–H groups in total. The summed E-state index contributed by atoms with van der Waals surface area (Å²) in [6.45, 7) is 4.45. The van der Waals surface area contributed by atoms with E-state index in [1.807, 2.05) is 16.7 Å². The maximum Gasteiger partial charge on any atom is 0.245 e. The summed E-state index contributed by atoms with van der Waals surface area (Å²) in [6, 6.07) is 3.68. The summed E-state index contributed by atoms with van der Waals surface area (Å²) >= 11 is 5.95. The van der Waals surface area contributed by atoms with Crippen LogP contribution < -0.4 is 15.5 Å². The standard InChI is InChI=1S/C23H29ClF2N6O/c1-2-7-27-21-20(26)22(29-14-28-21)31-8-3-5-18(13-31)32-9-4-6-19(23(32)33)30-17-11-15(24)10-16(25)12-17/h10-12,14,18-19,30H,2-9,13H2,1H3,(H,27,28,29). The van der Waals surface area contributed by atoms with E-state index in [1.165, 1.54) is 18.5 Å². The summed E-state index contributed by atoms with van der Waals surface area (Å²) in [7, 11) is 0. The van der Waals surface area contributed by atoms with Crippen molar-refractivity contribution in [2.45, 2.75) is 51.1 Å². The molecule has 2 atom stereocenters. The van der Waals surface area contributed by atoms with Crippen LogP contribution in [0.25, 0.3) is 0 Å². The zero-order valence-electron chi connectivity index (χ0n) is 18.7. The normalized spacial score (nSPS) is 21.3. The van der Waals surface area contributed by atoms with E-state index in [9.17, 15) is 9.18 Å². The zero-order valence-corrected chi connectivity index (χ0v) is 19.4. The smallest absolute Gasteiger partial charge is 0.245 e. The highest BCUT2D eigenvalue weighted by atomic mass is 35.5. The number of benzene rings is 1. The van der Waals surface area contributed by atoms with Gasteiger partial charge in [0.15, 0.2) is 11.6 Å². The fraction of sp³-hybridized carbons (Fsp3) is 0.522. The van der Waals surface area contributed by atoms with E-state index in [0.29, 0.717) is 38.3 Å². The lowest BCUT2D eigenvalue weighted by Crippen LogP contribution is -2.56. The second-order valence-corrected chi connectivity index (χ2v) is 8.99. The van der Waals surface area contributed by atoms with E-state index in [4.69, 9.17) is 11.6 Å². The Kier molecular flexibility index (Phi) is 7.47. The van der Waals surface area contributed by atoms with E-state index in [0.717, 1.165) is 25.7 Å². The number of carbonyl (C=O) groups is 1. The van der Waals surface area contributed by atoms with E-state index >= 15 is 4.39 Å². The van der Waals surface area contributed by atoms with Gasteiger partial charge in [0.05, 0.1) is 0 Å². The third kappa shape index (κ3) is 5.46. The number of anilines is 3. The third-order valence-electron chi connectivity index (χ3n) is 6.13. The van der Waals surface area contributed by atoms with Crippen LogP contribution in [0, 0.1) is 11.6 Å². The number of likely N-dealkylation sites (tertiary alicyclic amines) is 1. The Bertz CT molecular complexity index is 973. The zero-order chi connectivity index (χ0) is 23.4. The number of nitrogens with one attached hydrogen (secondary N) is 2. The minimum Gasteiger partial charge on any atom is -0.374 e. The molecule has 1 aromatic heterocycles. The summed E-state index contributed by atoms with van der Waals surface area (Å²) in [5, 5.41) is 6.42. The molecule has 2 aliphatic heterocycles. The molecular weight excluding hydrogens is 450 g/mol. The molecular formula is C23H29ClF2N6O. The second kappa shape index (κ2) is 10.5. The van der Waals surface area contributed by atoms with Crippen molar-refractivity contribution in [1.29, 1.82) is 0 Å². The van der Waals surface area contributed by atoms with Crippen molar-refractivity contribution in [3.63, 3.8) is 0 Å². The number of amides is 1. The molecule has 4 rings (SSSR count). The number of piperidine rings is 2. The molecule has 2 fully saturated rings. The lowest BCUT2D eigenvalue weighted by molar-refractivity contribution is -0.137. The van der Waals surface area contributed by atoms with Gasteiger partial charge in [-0.2, -0.15) is 4.39 Å². The van der Waals surface area contributed by atoms with Crippen LogP contribution in [0.3, 0.4) is 0 Å². The average molecular weight is 479 g/mol. The summed E-state index contributed by atoms with van der Waals surface area (Å²) in [6.07, 6.45) is 5.39. The number of aromatic nitrogens is 2. The molecule has 0 spiro atoms. The number of hydrogen-bond acceptors (Lipinski definition) is 6. The van der Waals surface area contributed by atoms with Gasteiger partial charge < -0.3 is 20.4 Å². The van der Waals surface area contributed by atoms with Crippen molar-refractivity contribution in [3.05, 3.63) is 41.2 Å². The van der Waals surface area contributed by atoms with Gasteiger partial charge in [-0.15, -0.1) is 0 Å². The van der Waals surface area contributed by atoms with Crippen molar-refractivity contribution in [3.8, 4) is 0 Å². The van der Waals surface area contributed by atoms with Gasteiger partial charge in [-0.1, -0.05) is 18.5 Å². The predicted molar refractivity (Wildman–Crippen MR) is 126 cm³/mol. The molecule has 0 aliphatic carbocycles. The van der Waals surface area contributed by atoms with E-state index < -0.39 is 17.7 Å². The monoisotopic (exact) mass is 478 g/mol. The number of carbonyl (C=O) groups excluding carboxylic acids is 1. The molecule has 2 aromatic rings. The van der Waals surface area contributed by atoms with Crippen molar-refractivity contribution in [2.75, 3.05) is 41.7 Å². The number of nitrogens with zero attached hydrogens (tertiary/aromatic N) is 4. The Hall–Kier alpha value is -2.68. The van der Waals surface area contributed by atoms with Gasteiger partial charge in [0.1, 0.15) is 18.2 Å². The highest BCUT2D eigenvalue weighted by Crippen LogP contribution is 2.29. The van der Waals surface area contributed by atoms with Crippen LogP contribution in [0.5, 0.6) is 0 Å². The van der Waals surface area contributed by atoms with Crippen molar-refractivity contribution in [2.24, 2.45) is 0 Å². The third-order valence-corrected chi connectivity index (χ3v) is 6.35. The van der Waals surface area contributed by atoms with E-state index in [-0.39, 0.29) is 28.6 Å². The predicted octanol–water partition coefficient (Wildman–Crippen LogP) is 4.30. The SMILES string of the molecule is CCCNc1ncnc(N2CCCC(N3CCCC(Nc4cc(F)cc(Cl)c4)C3=O)C2)c1F. The van der Waals surface area contributed by atoms with Gasteiger partial charge in [-0.3, -0.25) is 4.79 Å². The Morgan fingerprint density at radius 2 is 1.97 bits per heavy atom. The maximum atomic E-state index is 15.0. The fourth-order valence-electron chi connectivity index (χ4n) is 4.58. The Balaban J connectivity index is 1.46. The van der Waals surface area contributed by atoms with Gasteiger partial charge in [-0.25, -0.2) is 14.4 Å². The quantitative estimate of drug-likeness (QED) is 0.618. The van der Waals surface area contributed by atoms with Crippen LogP contribution >= 0.6 is 11.6 Å². The molecule has 0 radical (unpaired) electrons. The molecule has 1 aromatic carbocycles. The summed E-state index contributed by atoms with van der Waals surface area (Å²) in [5.41, 5.74) is 0.487. The number of rotatable bonds is 7. The molecule has 0 saturated carbocycles. The molecule has 3 heterocycles. The van der Waals surface area contributed by atoms with Crippen LogP contribution in [-0.4, -0.2) is 59.0 Å². The topological polar surface area (TPSA) is 73.4 Å². The highest BCUT2D eigenvalue weighted by molar-refractivity contribution is 6.30. The van der Waals surface area contributed by atoms with Crippen molar-refractivity contribution < 1.29 is 13.6 Å². The van der Waals surface area contributed by atoms with Crippen molar-refractivity contribution in [1.82, 2.24) is 14.9 Å². The minimum absolute atomic E-state index is 0.0260. The van der Waals surface area contributed by atoms with Gasteiger partial charge in [0.25, 0.3) is 0 Å². The Morgan fingerprint density at radius 3 is 2.76 bits per heavy atom. The first-order valence-corrected chi connectivity index (χ1v) is 11.9. The first-order chi connectivity index (χ1) is 16.0. The summed E-state index contributed by atoms with van der Waals surface area (Å²) in [5.74, 6) is -0.466. The molecule has 178 valence electrons. The minimum atomic E-state index is -0.459. The molecule has 0 bridgehead atoms. The van der Waals surface area contributed by atoms with Crippen LogP contribution in [-0.2, 0) is 4.79 Å². The van der Waals surface area contributed by atoms with Gasteiger partial charge >= 0.3 is 0 Å². The molecule has 2 unspecified atom stereocenters. The van der Waals surface area contributed by atoms with Gasteiger partial charge in [-0.05, 0) is 50.3 Å². The fourth-order valence-corrected chi connectivity index (χ4v) is 4.81. The molecule has 2 aliphatic rings. The van der Waals surface area contributed by atoms with Crippen molar-refractivity contribution >= 4 is 34.8 Å². The van der Waals surface area contributed by atoms with Crippen LogP contribution in [0.1, 0.15) is 39.0 Å². The van der Waals surface area contributed by atoms with Gasteiger partial charge in [0.2, 0.25) is 11.7 Å². The van der Waals surface area contributed by atoms with E-state index in [1.54, 1.807) is 6.07 Å². The first-order valence-electron chi connectivity index (χ1n) is 11.5. The lowest BCUT2D eigenvalue weighted by Gasteiger charge is -2.43. The Morgan fingerprint density at radius 1 is 1.15 bits per heavy atom. The van der Waals surface area contributed by atoms with Crippen LogP contribution in [0.4, 0.5) is 26.1 Å². The number of hydrogen-bond donors (Lipinski definition) is 2. The largest absolute Gasteiger partial charge is 0.374 e. The molecule has 33 heavy (non-hydrogen) atoms. The molecule has 1 amide bonds. The highest BCUT2D eigenvalue weighted by Gasteiger charge is 2.36. The lowest BCUT2D eigenvalue weighted by atomic mass is 9.97. The number of halogens is 3. The molecule has 7 nitrogen and oxygen atoms in total. The first kappa shape index (κ1) is 23.5.